The molecule has 0 spiro atoms. The quantitative estimate of drug-likeness (QED) is 0.899. The van der Waals surface area contributed by atoms with E-state index >= 15 is 0 Å². The Balaban J connectivity index is 1.93. The summed E-state index contributed by atoms with van der Waals surface area (Å²) in [5.74, 6) is 0.560. The maximum absolute atomic E-state index is 12.1. The van der Waals surface area contributed by atoms with Crippen molar-refractivity contribution in [3.63, 3.8) is 0 Å². The second kappa shape index (κ2) is 5.11. The van der Waals surface area contributed by atoms with E-state index < -0.39 is 5.41 Å². The standard InChI is InChI=1S/C17H24N2O2/c1-10-7-12(9-21-10)15(18-4)11-5-6-14-13(8-11)17(2,3)16(20)19-14/h5-6,8,10,12,15,18H,7,9H2,1-4H3,(H,19,20). The Kier molecular flexibility index (Phi) is 3.54. The number of anilines is 1. The van der Waals surface area contributed by atoms with Crippen LogP contribution in [0.1, 0.15) is 44.4 Å². The summed E-state index contributed by atoms with van der Waals surface area (Å²) in [6, 6.07) is 6.59. The minimum absolute atomic E-state index is 0.0773. The van der Waals surface area contributed by atoms with Crippen LogP contribution in [0, 0.1) is 5.92 Å². The van der Waals surface area contributed by atoms with Crippen molar-refractivity contribution in [1.29, 1.82) is 0 Å². The second-order valence-electron chi connectivity index (χ2n) is 6.79. The zero-order valence-electron chi connectivity index (χ0n) is 13.2. The summed E-state index contributed by atoms with van der Waals surface area (Å²) in [6.07, 6.45) is 1.41. The van der Waals surface area contributed by atoms with Gasteiger partial charge in [-0.25, -0.2) is 0 Å². The van der Waals surface area contributed by atoms with Crippen LogP contribution in [0.3, 0.4) is 0 Å². The Hall–Kier alpha value is -1.39. The predicted molar refractivity (Wildman–Crippen MR) is 83.4 cm³/mol. The van der Waals surface area contributed by atoms with Crippen LogP contribution in [-0.4, -0.2) is 25.7 Å². The van der Waals surface area contributed by atoms with Crippen LogP contribution in [0.15, 0.2) is 18.2 Å². The van der Waals surface area contributed by atoms with Gasteiger partial charge in [-0.3, -0.25) is 4.79 Å². The van der Waals surface area contributed by atoms with Crippen molar-refractivity contribution in [2.45, 2.75) is 44.8 Å². The molecule has 0 aliphatic carbocycles. The molecule has 0 bridgehead atoms. The van der Waals surface area contributed by atoms with Gasteiger partial charge >= 0.3 is 0 Å². The molecular weight excluding hydrogens is 264 g/mol. The monoisotopic (exact) mass is 288 g/mol. The molecule has 3 unspecified atom stereocenters. The maximum atomic E-state index is 12.1. The Bertz CT molecular complexity index is 568. The zero-order valence-corrected chi connectivity index (χ0v) is 13.2. The first-order valence-electron chi connectivity index (χ1n) is 7.68. The highest BCUT2D eigenvalue weighted by atomic mass is 16.5. The molecule has 1 saturated heterocycles. The van der Waals surface area contributed by atoms with Crippen LogP contribution < -0.4 is 10.6 Å². The van der Waals surface area contributed by atoms with Crippen molar-refractivity contribution in [3.8, 4) is 0 Å². The second-order valence-corrected chi connectivity index (χ2v) is 6.79. The predicted octanol–water partition coefficient (Wildman–Crippen LogP) is 2.60. The Morgan fingerprint density at radius 3 is 2.81 bits per heavy atom. The van der Waals surface area contributed by atoms with Gasteiger partial charge in [0.25, 0.3) is 0 Å². The number of rotatable bonds is 3. The van der Waals surface area contributed by atoms with Crippen molar-refractivity contribution < 1.29 is 9.53 Å². The number of amides is 1. The number of nitrogens with one attached hydrogen (secondary N) is 2. The topological polar surface area (TPSA) is 50.4 Å². The van der Waals surface area contributed by atoms with E-state index in [0.29, 0.717) is 12.0 Å². The summed E-state index contributed by atoms with van der Waals surface area (Å²) in [7, 11) is 2.00. The van der Waals surface area contributed by atoms with Gasteiger partial charge < -0.3 is 15.4 Å². The molecule has 1 amide bonds. The first-order valence-corrected chi connectivity index (χ1v) is 7.68. The fourth-order valence-corrected chi connectivity index (χ4v) is 3.54. The number of ether oxygens (including phenoxy) is 1. The van der Waals surface area contributed by atoms with E-state index in [-0.39, 0.29) is 11.9 Å². The lowest BCUT2D eigenvalue weighted by atomic mass is 9.83. The van der Waals surface area contributed by atoms with Gasteiger partial charge in [-0.05, 0) is 51.4 Å². The Morgan fingerprint density at radius 1 is 1.43 bits per heavy atom. The molecule has 2 aliphatic heterocycles. The fraction of sp³-hybridized carbons (Fsp3) is 0.588. The first-order chi connectivity index (χ1) is 9.93. The number of carbonyl (C=O) groups excluding carboxylic acids is 1. The van der Waals surface area contributed by atoms with E-state index in [1.54, 1.807) is 0 Å². The summed E-state index contributed by atoms with van der Waals surface area (Å²) in [4.78, 5) is 12.1. The smallest absolute Gasteiger partial charge is 0.234 e. The third kappa shape index (κ3) is 2.36. The molecular formula is C17H24N2O2. The Labute approximate surface area is 126 Å². The van der Waals surface area contributed by atoms with E-state index in [1.165, 1.54) is 5.56 Å². The molecule has 3 rings (SSSR count). The number of hydrogen-bond acceptors (Lipinski definition) is 3. The molecule has 1 aromatic carbocycles. The van der Waals surface area contributed by atoms with E-state index in [9.17, 15) is 4.79 Å². The molecule has 0 radical (unpaired) electrons. The lowest BCUT2D eigenvalue weighted by Crippen LogP contribution is -2.28. The molecule has 2 N–H and O–H groups in total. The average molecular weight is 288 g/mol. The zero-order chi connectivity index (χ0) is 15.2. The summed E-state index contributed by atoms with van der Waals surface area (Å²) in [5, 5.41) is 6.39. The van der Waals surface area contributed by atoms with Gasteiger partial charge in [-0.15, -0.1) is 0 Å². The molecule has 4 nitrogen and oxygen atoms in total. The molecule has 2 aliphatic rings. The van der Waals surface area contributed by atoms with Crippen molar-refractivity contribution in [2.75, 3.05) is 19.0 Å². The highest BCUT2D eigenvalue weighted by Gasteiger charge is 2.39. The largest absolute Gasteiger partial charge is 0.378 e. The number of carbonyl (C=O) groups is 1. The number of hydrogen-bond donors (Lipinski definition) is 2. The van der Waals surface area contributed by atoms with Crippen LogP contribution >= 0.6 is 0 Å². The fourth-order valence-electron chi connectivity index (χ4n) is 3.54. The van der Waals surface area contributed by atoms with Crippen molar-refractivity contribution in [3.05, 3.63) is 29.3 Å². The van der Waals surface area contributed by atoms with Gasteiger partial charge in [0.05, 0.1) is 18.1 Å². The first kappa shape index (κ1) is 14.5. The SMILES string of the molecule is CNC(c1ccc2c(c1)C(C)(C)C(=O)N2)C1COC(C)C1. The van der Waals surface area contributed by atoms with E-state index in [0.717, 1.165) is 24.3 Å². The summed E-state index contributed by atoms with van der Waals surface area (Å²) < 4.78 is 5.71. The van der Waals surface area contributed by atoms with Gasteiger partial charge in [0.1, 0.15) is 0 Å². The summed E-state index contributed by atoms with van der Waals surface area (Å²) in [5.41, 5.74) is 2.82. The molecule has 1 fully saturated rings. The van der Waals surface area contributed by atoms with E-state index in [1.807, 2.05) is 27.0 Å². The van der Waals surface area contributed by atoms with Crippen LogP contribution in [0.2, 0.25) is 0 Å². The molecule has 0 aromatic heterocycles. The summed E-state index contributed by atoms with van der Waals surface area (Å²) in [6.45, 7) is 6.88. The molecule has 2 heterocycles. The van der Waals surface area contributed by atoms with Crippen LogP contribution in [0.25, 0.3) is 0 Å². The normalized spacial score (nSPS) is 28.3. The number of benzene rings is 1. The van der Waals surface area contributed by atoms with E-state index in [4.69, 9.17) is 4.74 Å². The molecule has 114 valence electrons. The van der Waals surface area contributed by atoms with Crippen molar-refractivity contribution >= 4 is 11.6 Å². The molecule has 0 saturated carbocycles. The van der Waals surface area contributed by atoms with Crippen molar-refractivity contribution in [2.24, 2.45) is 5.92 Å². The van der Waals surface area contributed by atoms with E-state index in [2.05, 4.69) is 29.7 Å². The highest BCUT2D eigenvalue weighted by molar-refractivity contribution is 6.05. The molecule has 3 atom stereocenters. The number of fused-ring (bicyclic) bond motifs is 1. The molecule has 1 aromatic rings. The van der Waals surface area contributed by atoms with Crippen LogP contribution in [0.5, 0.6) is 0 Å². The molecule has 4 heteroatoms. The van der Waals surface area contributed by atoms with Gasteiger partial charge in [0.2, 0.25) is 5.91 Å². The van der Waals surface area contributed by atoms with Gasteiger partial charge in [0.15, 0.2) is 0 Å². The highest BCUT2D eigenvalue weighted by Crippen LogP contribution is 2.40. The average Bonchev–Trinajstić information content (AvgIpc) is 2.95. The minimum Gasteiger partial charge on any atom is -0.378 e. The van der Waals surface area contributed by atoms with Crippen molar-refractivity contribution in [1.82, 2.24) is 5.32 Å². The summed E-state index contributed by atoms with van der Waals surface area (Å²) >= 11 is 0. The third-order valence-corrected chi connectivity index (χ3v) is 4.90. The maximum Gasteiger partial charge on any atom is 0.234 e. The third-order valence-electron chi connectivity index (χ3n) is 4.90. The van der Waals surface area contributed by atoms with Gasteiger partial charge in [-0.1, -0.05) is 12.1 Å². The minimum atomic E-state index is -0.455. The molecule has 21 heavy (non-hydrogen) atoms. The Morgan fingerprint density at radius 2 is 2.19 bits per heavy atom. The van der Waals surface area contributed by atoms with Crippen LogP contribution in [-0.2, 0) is 14.9 Å². The van der Waals surface area contributed by atoms with Gasteiger partial charge in [-0.2, -0.15) is 0 Å². The van der Waals surface area contributed by atoms with Crippen LogP contribution in [0.4, 0.5) is 5.69 Å². The lowest BCUT2D eigenvalue weighted by Gasteiger charge is -2.24. The lowest BCUT2D eigenvalue weighted by molar-refractivity contribution is -0.119. The van der Waals surface area contributed by atoms with Gasteiger partial charge in [0, 0.05) is 17.6 Å².